The van der Waals surface area contributed by atoms with E-state index in [1.165, 1.54) is 5.57 Å². The van der Waals surface area contributed by atoms with E-state index >= 15 is 0 Å². The zero-order chi connectivity index (χ0) is 10.7. The molecule has 0 bridgehead atoms. The molecule has 1 aliphatic rings. The van der Waals surface area contributed by atoms with Crippen LogP contribution < -0.4 is 0 Å². The van der Waals surface area contributed by atoms with Crippen molar-refractivity contribution in [1.82, 2.24) is 0 Å². The molecule has 1 rings (SSSR count). The van der Waals surface area contributed by atoms with E-state index in [1.807, 2.05) is 19.9 Å². The Balaban J connectivity index is 3.06. The van der Waals surface area contributed by atoms with Crippen LogP contribution in [0.3, 0.4) is 0 Å². The summed E-state index contributed by atoms with van der Waals surface area (Å²) in [5, 5.41) is 0. The summed E-state index contributed by atoms with van der Waals surface area (Å²) < 4.78 is 1.60. The van der Waals surface area contributed by atoms with Gasteiger partial charge in [-0.2, -0.15) is 0 Å². The Morgan fingerprint density at radius 1 is 1.64 bits per heavy atom. The van der Waals surface area contributed by atoms with Crippen molar-refractivity contribution in [1.29, 1.82) is 0 Å². The van der Waals surface area contributed by atoms with Gasteiger partial charge < -0.3 is 0 Å². The lowest BCUT2D eigenvalue weighted by molar-refractivity contribution is -0.750. The largest absolute Gasteiger partial charge is 0.237 e. The molecule has 76 valence electrons. The van der Waals surface area contributed by atoms with E-state index < -0.39 is 0 Å². The zero-order valence-electron chi connectivity index (χ0n) is 9.26. The van der Waals surface area contributed by atoms with Crippen molar-refractivity contribution < 1.29 is 9.58 Å². The predicted octanol–water partition coefficient (Wildman–Crippen LogP) is 2.83. The maximum absolute atomic E-state index is 5.52. The molecule has 0 aromatic heterocycles. The second-order valence-corrected chi connectivity index (χ2v) is 3.47. The molecular weight excluding hydrogens is 174 g/mol. The van der Waals surface area contributed by atoms with Crippen molar-refractivity contribution in [3.05, 3.63) is 35.1 Å². The summed E-state index contributed by atoms with van der Waals surface area (Å²) in [4.78, 5) is 5.52. The first kappa shape index (κ1) is 10.8. The molecule has 0 aromatic rings. The van der Waals surface area contributed by atoms with Gasteiger partial charge in [-0.05, 0) is 36.2 Å². The molecule has 0 amide bonds. The van der Waals surface area contributed by atoms with Gasteiger partial charge in [0.15, 0.2) is 6.72 Å². The minimum atomic E-state index is 0.729. The fourth-order valence-electron chi connectivity index (χ4n) is 1.39. The van der Waals surface area contributed by atoms with Crippen LogP contribution >= 0.6 is 0 Å². The number of allylic oxidation sites excluding steroid dienone is 2. The molecule has 0 saturated carbocycles. The minimum absolute atomic E-state index is 0.729. The Morgan fingerprint density at radius 3 is 2.79 bits per heavy atom. The quantitative estimate of drug-likeness (QED) is 0.626. The van der Waals surface area contributed by atoms with E-state index in [-0.39, 0.29) is 0 Å². The second-order valence-electron chi connectivity index (χ2n) is 3.47. The van der Waals surface area contributed by atoms with E-state index in [4.69, 9.17) is 4.84 Å². The van der Waals surface area contributed by atoms with Crippen molar-refractivity contribution >= 4 is 6.72 Å². The molecule has 2 nitrogen and oxygen atoms in total. The van der Waals surface area contributed by atoms with Crippen molar-refractivity contribution in [2.75, 3.05) is 6.54 Å². The number of nitrogens with zero attached hydrogens (tertiary/aromatic N) is 1. The highest BCUT2D eigenvalue weighted by Gasteiger charge is 2.28. The van der Waals surface area contributed by atoms with Gasteiger partial charge in [0.1, 0.15) is 0 Å². The molecule has 0 saturated heterocycles. The van der Waals surface area contributed by atoms with Crippen LogP contribution in [0.2, 0.25) is 0 Å². The second kappa shape index (κ2) is 4.27. The normalized spacial score (nSPS) is 17.4. The van der Waals surface area contributed by atoms with Crippen LogP contribution in [0.4, 0.5) is 0 Å². The third-order valence-electron chi connectivity index (χ3n) is 2.47. The molecule has 1 heterocycles. The number of hydrogen-bond donors (Lipinski definition) is 0. The standard InChI is InChI=1S/C12H18NO/c1-6-9(3)11-8-13(5)14-12(11)10(4)7-2/h7H,3,5-6,8H2,1-2,4H3/q+1. The van der Waals surface area contributed by atoms with E-state index in [1.54, 1.807) is 4.74 Å². The monoisotopic (exact) mass is 192 g/mol. The van der Waals surface area contributed by atoms with Crippen LogP contribution in [0.1, 0.15) is 27.2 Å². The summed E-state index contributed by atoms with van der Waals surface area (Å²) >= 11 is 0. The Hall–Kier alpha value is -1.31. The SMILES string of the molecule is C=C(CC)C1=C(C(C)=CC)O[N+](=C)C1. The lowest BCUT2D eigenvalue weighted by Crippen LogP contribution is -2.03. The van der Waals surface area contributed by atoms with Gasteiger partial charge in [0.2, 0.25) is 12.3 Å². The first-order chi connectivity index (χ1) is 6.60. The molecule has 0 radical (unpaired) electrons. The summed E-state index contributed by atoms with van der Waals surface area (Å²) in [7, 11) is 0. The average Bonchev–Trinajstić information content (AvgIpc) is 2.58. The maximum atomic E-state index is 5.52. The highest BCUT2D eigenvalue weighted by Crippen LogP contribution is 2.27. The number of rotatable bonds is 3. The van der Waals surface area contributed by atoms with Gasteiger partial charge in [0.25, 0.3) is 0 Å². The summed E-state index contributed by atoms with van der Waals surface area (Å²) in [6.07, 6.45) is 2.99. The third kappa shape index (κ3) is 1.95. The minimum Gasteiger partial charge on any atom is -0.237 e. The average molecular weight is 192 g/mol. The van der Waals surface area contributed by atoms with Crippen LogP contribution in [0, 0.1) is 0 Å². The molecule has 0 aliphatic carbocycles. The molecule has 0 N–H and O–H groups in total. The van der Waals surface area contributed by atoms with Crippen LogP contribution in [-0.4, -0.2) is 18.0 Å². The van der Waals surface area contributed by atoms with Crippen molar-refractivity contribution in [3.8, 4) is 0 Å². The van der Waals surface area contributed by atoms with E-state index in [0.717, 1.165) is 29.9 Å². The van der Waals surface area contributed by atoms with Gasteiger partial charge in [-0.25, -0.2) is 4.84 Å². The summed E-state index contributed by atoms with van der Waals surface area (Å²) in [5.41, 5.74) is 3.45. The smallest absolute Gasteiger partial charge is 0.222 e. The van der Waals surface area contributed by atoms with Gasteiger partial charge in [-0.1, -0.05) is 19.6 Å². The molecule has 0 spiro atoms. The van der Waals surface area contributed by atoms with Gasteiger partial charge in [-0.3, -0.25) is 0 Å². The van der Waals surface area contributed by atoms with Crippen LogP contribution in [0.25, 0.3) is 0 Å². The van der Waals surface area contributed by atoms with Crippen molar-refractivity contribution in [2.24, 2.45) is 0 Å². The van der Waals surface area contributed by atoms with Gasteiger partial charge >= 0.3 is 0 Å². The maximum Gasteiger partial charge on any atom is 0.222 e. The fraction of sp³-hybridized carbons (Fsp3) is 0.417. The van der Waals surface area contributed by atoms with Crippen LogP contribution in [0.5, 0.6) is 0 Å². The van der Waals surface area contributed by atoms with E-state index in [9.17, 15) is 0 Å². The van der Waals surface area contributed by atoms with Gasteiger partial charge in [0, 0.05) is 0 Å². The van der Waals surface area contributed by atoms with Crippen molar-refractivity contribution in [3.63, 3.8) is 0 Å². The molecule has 2 heteroatoms. The molecule has 1 aliphatic heterocycles. The molecule has 0 aromatic carbocycles. The fourth-order valence-corrected chi connectivity index (χ4v) is 1.39. The topological polar surface area (TPSA) is 12.2 Å². The van der Waals surface area contributed by atoms with Crippen LogP contribution in [-0.2, 0) is 4.84 Å². The summed E-state index contributed by atoms with van der Waals surface area (Å²) in [5.74, 6) is 0.925. The van der Waals surface area contributed by atoms with E-state index in [0.29, 0.717) is 0 Å². The highest BCUT2D eigenvalue weighted by atomic mass is 16.7. The predicted molar refractivity (Wildman–Crippen MR) is 59.2 cm³/mol. The number of hydroxylamine groups is 1. The zero-order valence-corrected chi connectivity index (χ0v) is 9.26. The highest BCUT2D eigenvalue weighted by molar-refractivity contribution is 5.41. The molecule has 0 unspecified atom stereocenters. The third-order valence-corrected chi connectivity index (χ3v) is 2.47. The lowest BCUT2D eigenvalue weighted by Gasteiger charge is -2.01. The lowest BCUT2D eigenvalue weighted by atomic mass is 10.0. The molecule has 0 fully saturated rings. The van der Waals surface area contributed by atoms with Gasteiger partial charge in [0.05, 0.1) is 5.57 Å². The van der Waals surface area contributed by atoms with Crippen molar-refractivity contribution in [2.45, 2.75) is 27.2 Å². The summed E-state index contributed by atoms with van der Waals surface area (Å²) in [6, 6.07) is 0. The Morgan fingerprint density at radius 2 is 2.29 bits per heavy atom. The Labute approximate surface area is 85.9 Å². The Kier molecular flexibility index (Phi) is 3.28. The molecular formula is C12H18NO+. The summed E-state index contributed by atoms with van der Waals surface area (Å²) in [6.45, 7) is 14.7. The van der Waals surface area contributed by atoms with Crippen LogP contribution in [0.15, 0.2) is 35.1 Å². The molecule has 0 atom stereocenters. The first-order valence-corrected chi connectivity index (χ1v) is 4.90. The first-order valence-electron chi connectivity index (χ1n) is 4.90. The number of hydrogen-bond acceptors (Lipinski definition) is 1. The van der Waals surface area contributed by atoms with Gasteiger partial charge in [-0.15, -0.1) is 0 Å². The Bertz CT molecular complexity index is 334. The van der Waals surface area contributed by atoms with E-state index in [2.05, 4.69) is 20.2 Å². The molecule has 14 heavy (non-hydrogen) atoms.